The number of aliphatic hydroxyl groups is 2. The molecule has 4 N–H and O–H groups in total. The molecule has 1 heterocycles. The van der Waals surface area contributed by atoms with Crippen LogP contribution in [-0.4, -0.2) is 45.6 Å². The third-order valence-electron chi connectivity index (χ3n) is 1.59. The lowest BCUT2D eigenvalue weighted by molar-refractivity contribution is 0.0631. The number of aromatic carboxylic acids is 2. The van der Waals surface area contributed by atoms with Crippen molar-refractivity contribution < 1.29 is 34.4 Å². The number of hydrogen-bond donors (Lipinski definition) is 4. The zero-order chi connectivity index (χ0) is 13.3. The van der Waals surface area contributed by atoms with Crippen LogP contribution in [-0.2, 0) is 0 Å². The van der Waals surface area contributed by atoms with Gasteiger partial charge in [0.15, 0.2) is 0 Å². The summed E-state index contributed by atoms with van der Waals surface area (Å²) in [5, 5.41) is 32.8. The summed E-state index contributed by atoms with van der Waals surface area (Å²) in [5.41, 5.74) is 0. The number of aliphatic hydroxyl groups excluding tert-OH is 2. The van der Waals surface area contributed by atoms with Gasteiger partial charge in [-0.15, -0.1) is 0 Å². The van der Waals surface area contributed by atoms with E-state index in [0.717, 1.165) is 25.0 Å². The molecular weight excluding hydrogens is 232 g/mol. The Morgan fingerprint density at radius 2 is 1.29 bits per heavy atom. The average molecular weight is 246 g/mol. The second-order valence-corrected chi connectivity index (χ2v) is 2.93. The summed E-state index contributed by atoms with van der Waals surface area (Å²) < 4.78 is 4.41. The summed E-state index contributed by atoms with van der Waals surface area (Å²) in [5.74, 6) is -3.31. The molecule has 0 fully saturated rings. The maximum absolute atomic E-state index is 10.2. The molecule has 0 bridgehead atoms. The van der Waals surface area contributed by atoms with E-state index >= 15 is 0 Å². The second-order valence-electron chi connectivity index (χ2n) is 2.93. The van der Waals surface area contributed by atoms with Crippen LogP contribution in [0.5, 0.6) is 0 Å². The molecule has 0 aliphatic heterocycles. The highest BCUT2D eigenvalue weighted by molar-refractivity contribution is 5.88. The predicted octanol–water partition coefficient (Wildman–Crippen LogP) is 0.427. The molecule has 0 unspecified atom stereocenters. The zero-order valence-corrected chi connectivity index (χ0v) is 9.00. The minimum Gasteiger partial charge on any atom is -0.475 e. The maximum Gasteiger partial charge on any atom is 0.371 e. The van der Waals surface area contributed by atoms with Gasteiger partial charge in [-0.2, -0.15) is 0 Å². The van der Waals surface area contributed by atoms with E-state index in [4.69, 9.17) is 20.4 Å². The largest absolute Gasteiger partial charge is 0.475 e. The van der Waals surface area contributed by atoms with Gasteiger partial charge in [0.05, 0.1) is 0 Å². The maximum atomic E-state index is 10.2. The molecular formula is C10H14O7. The lowest BCUT2D eigenvalue weighted by atomic mass is 10.3. The second kappa shape index (κ2) is 8.31. The molecule has 0 saturated heterocycles. The van der Waals surface area contributed by atoms with Gasteiger partial charge in [0.25, 0.3) is 0 Å². The van der Waals surface area contributed by atoms with Gasteiger partial charge in [-0.05, 0) is 25.0 Å². The highest BCUT2D eigenvalue weighted by atomic mass is 16.4. The first kappa shape index (κ1) is 15.1. The van der Waals surface area contributed by atoms with Crippen LogP contribution in [0.1, 0.15) is 34.0 Å². The Morgan fingerprint density at radius 1 is 0.941 bits per heavy atom. The lowest BCUT2D eigenvalue weighted by Crippen LogP contribution is -1.94. The van der Waals surface area contributed by atoms with E-state index in [2.05, 4.69) is 4.42 Å². The first-order valence-corrected chi connectivity index (χ1v) is 4.81. The molecule has 0 aliphatic carbocycles. The fraction of sp³-hybridized carbons (Fsp3) is 0.400. The molecule has 0 aliphatic rings. The Balaban J connectivity index is 0.000000366. The van der Waals surface area contributed by atoms with Gasteiger partial charge in [-0.3, -0.25) is 0 Å². The minimum absolute atomic E-state index is 0.195. The van der Waals surface area contributed by atoms with E-state index in [1.165, 1.54) is 0 Å². The third-order valence-corrected chi connectivity index (χ3v) is 1.59. The van der Waals surface area contributed by atoms with Crippen LogP contribution in [0.25, 0.3) is 0 Å². The van der Waals surface area contributed by atoms with Gasteiger partial charge in [0.2, 0.25) is 11.5 Å². The van der Waals surface area contributed by atoms with Crippen molar-refractivity contribution in [2.75, 3.05) is 13.2 Å². The Labute approximate surface area is 96.9 Å². The summed E-state index contributed by atoms with van der Waals surface area (Å²) in [7, 11) is 0. The lowest BCUT2D eigenvalue weighted by Gasteiger charge is -1.85. The Hall–Kier alpha value is -1.86. The summed E-state index contributed by atoms with van der Waals surface area (Å²) in [4.78, 5) is 20.3. The number of unbranched alkanes of at least 4 members (excludes halogenated alkanes) is 1. The molecule has 0 radical (unpaired) electrons. The van der Waals surface area contributed by atoms with Gasteiger partial charge in [0.1, 0.15) is 0 Å². The normalized spacial score (nSPS) is 9.29. The van der Waals surface area contributed by atoms with Gasteiger partial charge >= 0.3 is 11.9 Å². The Kier molecular flexibility index (Phi) is 7.40. The van der Waals surface area contributed by atoms with Crippen LogP contribution < -0.4 is 0 Å². The number of carboxylic acids is 2. The van der Waals surface area contributed by atoms with E-state index < -0.39 is 11.9 Å². The van der Waals surface area contributed by atoms with Crippen LogP contribution in [0.15, 0.2) is 16.5 Å². The van der Waals surface area contributed by atoms with Gasteiger partial charge in [-0.1, -0.05) is 0 Å². The van der Waals surface area contributed by atoms with Gasteiger partial charge in [-0.25, -0.2) is 9.59 Å². The molecule has 1 aromatic rings. The molecule has 1 rings (SSSR count). The zero-order valence-electron chi connectivity index (χ0n) is 9.00. The van der Waals surface area contributed by atoms with Crippen molar-refractivity contribution in [2.45, 2.75) is 12.8 Å². The number of rotatable bonds is 5. The first-order valence-electron chi connectivity index (χ1n) is 4.81. The molecule has 0 saturated carbocycles. The fourth-order valence-electron chi connectivity index (χ4n) is 0.791. The van der Waals surface area contributed by atoms with Crippen molar-refractivity contribution in [2.24, 2.45) is 0 Å². The van der Waals surface area contributed by atoms with E-state index in [1.54, 1.807) is 0 Å². The first-order chi connectivity index (χ1) is 8.02. The van der Waals surface area contributed by atoms with Crippen molar-refractivity contribution in [3.63, 3.8) is 0 Å². The minimum atomic E-state index is -1.28. The topological polar surface area (TPSA) is 128 Å². The Bertz CT molecular complexity index is 323. The van der Waals surface area contributed by atoms with Crippen LogP contribution in [0, 0.1) is 0 Å². The Morgan fingerprint density at radius 3 is 1.47 bits per heavy atom. The van der Waals surface area contributed by atoms with Crippen molar-refractivity contribution in [3.8, 4) is 0 Å². The molecule has 96 valence electrons. The summed E-state index contributed by atoms with van der Waals surface area (Å²) in [6.07, 6.45) is 1.44. The molecule has 0 atom stereocenters. The van der Waals surface area contributed by atoms with Crippen LogP contribution in [0.3, 0.4) is 0 Å². The monoisotopic (exact) mass is 246 g/mol. The molecule has 7 heteroatoms. The van der Waals surface area contributed by atoms with E-state index in [-0.39, 0.29) is 24.7 Å². The van der Waals surface area contributed by atoms with Gasteiger partial charge in [0, 0.05) is 13.2 Å². The molecule has 0 amide bonds. The molecule has 17 heavy (non-hydrogen) atoms. The third kappa shape index (κ3) is 6.33. The fourth-order valence-corrected chi connectivity index (χ4v) is 0.791. The molecule has 0 spiro atoms. The van der Waals surface area contributed by atoms with Gasteiger partial charge < -0.3 is 24.8 Å². The summed E-state index contributed by atoms with van der Waals surface area (Å²) in [6.45, 7) is 0.390. The van der Waals surface area contributed by atoms with E-state index in [9.17, 15) is 9.59 Å². The number of carboxylic acid groups (broad SMARTS) is 2. The van der Waals surface area contributed by atoms with Crippen molar-refractivity contribution >= 4 is 11.9 Å². The average Bonchev–Trinajstić information content (AvgIpc) is 2.76. The van der Waals surface area contributed by atoms with Crippen molar-refractivity contribution in [1.29, 1.82) is 0 Å². The van der Waals surface area contributed by atoms with E-state index in [1.807, 2.05) is 0 Å². The number of carbonyl (C=O) groups is 2. The van der Waals surface area contributed by atoms with Crippen LogP contribution >= 0.6 is 0 Å². The summed E-state index contributed by atoms with van der Waals surface area (Å²) in [6, 6.07) is 2.18. The molecule has 1 aromatic heterocycles. The SMILES string of the molecule is O=C(O)c1ccc(C(=O)O)o1.OCCCCO. The summed E-state index contributed by atoms with van der Waals surface area (Å²) >= 11 is 0. The highest BCUT2D eigenvalue weighted by Crippen LogP contribution is 2.06. The standard InChI is InChI=1S/C6H4O5.C4H10O2/c7-5(8)3-1-2-4(11-3)6(9)10;5-3-1-2-4-6/h1-2H,(H,7,8)(H,9,10);5-6H,1-4H2. The molecule has 0 aromatic carbocycles. The van der Waals surface area contributed by atoms with Crippen molar-refractivity contribution in [3.05, 3.63) is 23.7 Å². The number of hydrogen-bond acceptors (Lipinski definition) is 5. The van der Waals surface area contributed by atoms with Crippen molar-refractivity contribution in [1.82, 2.24) is 0 Å². The van der Waals surface area contributed by atoms with Crippen LogP contribution in [0.2, 0.25) is 0 Å². The highest BCUT2D eigenvalue weighted by Gasteiger charge is 2.12. The molecule has 7 nitrogen and oxygen atoms in total. The number of furan rings is 1. The van der Waals surface area contributed by atoms with E-state index in [0.29, 0.717) is 0 Å². The quantitative estimate of drug-likeness (QED) is 0.554. The van der Waals surface area contributed by atoms with Crippen LogP contribution in [0.4, 0.5) is 0 Å². The smallest absolute Gasteiger partial charge is 0.371 e. The predicted molar refractivity (Wildman–Crippen MR) is 56.0 cm³/mol.